The zero-order chi connectivity index (χ0) is 18.9. The highest BCUT2D eigenvalue weighted by molar-refractivity contribution is 7.90. The summed E-state index contributed by atoms with van der Waals surface area (Å²) in [5.74, 6) is -0.694. The van der Waals surface area contributed by atoms with Crippen LogP contribution in [0, 0.1) is 5.92 Å². The second-order valence-corrected chi connectivity index (χ2v) is 8.53. The first-order valence-corrected chi connectivity index (χ1v) is 9.80. The van der Waals surface area contributed by atoms with E-state index in [1.165, 1.54) is 17.0 Å². The molecule has 1 aliphatic rings. The number of benzene rings is 1. The summed E-state index contributed by atoms with van der Waals surface area (Å²) in [6, 6.07) is 4.28. The number of piperazine rings is 1. The summed E-state index contributed by atoms with van der Waals surface area (Å²) in [4.78, 5) is 26.1. The molecule has 1 heterocycles. The van der Waals surface area contributed by atoms with Crippen LogP contribution in [0.2, 0.25) is 0 Å². The first-order valence-electron chi connectivity index (χ1n) is 7.90. The van der Waals surface area contributed by atoms with Crippen molar-refractivity contribution in [1.82, 2.24) is 4.90 Å². The summed E-state index contributed by atoms with van der Waals surface area (Å²) in [5, 5.41) is 9.34. The third kappa shape index (κ3) is 4.04. The lowest BCUT2D eigenvalue weighted by molar-refractivity contribution is 0.0994. The molecule has 1 saturated heterocycles. The van der Waals surface area contributed by atoms with Crippen molar-refractivity contribution in [3.8, 4) is 0 Å². The Balaban J connectivity index is 2.39. The summed E-state index contributed by atoms with van der Waals surface area (Å²) in [7, 11) is -3.63. The van der Waals surface area contributed by atoms with Crippen molar-refractivity contribution in [3.63, 3.8) is 0 Å². The normalized spacial score (nSPS) is 18.5. The van der Waals surface area contributed by atoms with E-state index in [1.54, 1.807) is 6.07 Å². The minimum Gasteiger partial charge on any atom is -0.465 e. The number of carboxylic acid groups (broad SMARTS) is 1. The van der Waals surface area contributed by atoms with Gasteiger partial charge in [-0.1, -0.05) is 13.8 Å². The highest BCUT2D eigenvalue weighted by Gasteiger charge is 2.33. The fourth-order valence-corrected chi connectivity index (χ4v) is 3.97. The van der Waals surface area contributed by atoms with E-state index < -0.39 is 21.8 Å². The molecule has 1 aliphatic heterocycles. The van der Waals surface area contributed by atoms with Gasteiger partial charge in [-0.05, 0) is 24.1 Å². The van der Waals surface area contributed by atoms with E-state index in [-0.39, 0.29) is 22.4 Å². The van der Waals surface area contributed by atoms with Gasteiger partial charge < -0.3 is 20.6 Å². The van der Waals surface area contributed by atoms with E-state index in [1.807, 2.05) is 18.7 Å². The average molecular weight is 369 g/mol. The molecule has 0 unspecified atom stereocenters. The number of nitrogens with zero attached hydrogens (tertiary/aromatic N) is 2. The monoisotopic (exact) mass is 369 g/mol. The summed E-state index contributed by atoms with van der Waals surface area (Å²) in [6.45, 7) is 5.10. The molecule has 0 bridgehead atoms. The van der Waals surface area contributed by atoms with Crippen LogP contribution in [0.25, 0.3) is 0 Å². The zero-order valence-electron chi connectivity index (χ0n) is 14.5. The minimum absolute atomic E-state index is 0.0455. The number of hydrogen-bond donors (Lipinski definition) is 2. The maximum Gasteiger partial charge on any atom is 0.407 e. The van der Waals surface area contributed by atoms with Crippen LogP contribution in [-0.4, -0.2) is 62.4 Å². The van der Waals surface area contributed by atoms with Gasteiger partial charge in [0.1, 0.15) is 0 Å². The Morgan fingerprint density at radius 1 is 1.28 bits per heavy atom. The number of carbonyl (C=O) groups is 2. The van der Waals surface area contributed by atoms with Gasteiger partial charge in [-0.15, -0.1) is 0 Å². The molecule has 0 radical (unpaired) electrons. The molecule has 1 atom stereocenters. The number of rotatable bonds is 4. The molecule has 3 N–H and O–H groups in total. The van der Waals surface area contributed by atoms with E-state index in [2.05, 4.69) is 0 Å². The van der Waals surface area contributed by atoms with Crippen LogP contribution in [-0.2, 0) is 9.84 Å². The molecule has 1 aromatic rings. The number of sulfone groups is 1. The summed E-state index contributed by atoms with van der Waals surface area (Å²) >= 11 is 0. The minimum atomic E-state index is -3.63. The smallest absolute Gasteiger partial charge is 0.407 e. The Labute approximate surface area is 147 Å². The van der Waals surface area contributed by atoms with Crippen LogP contribution in [0.4, 0.5) is 10.5 Å². The molecule has 9 heteroatoms. The molecule has 25 heavy (non-hydrogen) atoms. The molecule has 0 aliphatic carbocycles. The Morgan fingerprint density at radius 2 is 1.92 bits per heavy atom. The molecule has 1 aromatic carbocycles. The van der Waals surface area contributed by atoms with E-state index in [0.717, 1.165) is 6.26 Å². The van der Waals surface area contributed by atoms with Gasteiger partial charge >= 0.3 is 6.09 Å². The van der Waals surface area contributed by atoms with Gasteiger partial charge in [-0.2, -0.15) is 0 Å². The SMILES string of the molecule is CC(C)[C@@H]1CN(c2ccc(C(N)=O)c(S(C)(=O)=O)c2)CCN1C(=O)O. The lowest BCUT2D eigenvalue weighted by atomic mass is 9.99. The summed E-state index contributed by atoms with van der Waals surface area (Å²) < 4.78 is 24.0. The molecule has 138 valence electrons. The highest BCUT2D eigenvalue weighted by atomic mass is 32.2. The number of nitrogens with two attached hydrogens (primary N) is 1. The first-order chi connectivity index (χ1) is 11.5. The van der Waals surface area contributed by atoms with Crippen molar-refractivity contribution in [2.24, 2.45) is 11.7 Å². The van der Waals surface area contributed by atoms with Crippen LogP contribution in [0.3, 0.4) is 0 Å². The van der Waals surface area contributed by atoms with Gasteiger partial charge in [0.15, 0.2) is 9.84 Å². The molecule has 0 aromatic heterocycles. The van der Waals surface area contributed by atoms with Crippen molar-refractivity contribution in [3.05, 3.63) is 23.8 Å². The van der Waals surface area contributed by atoms with E-state index in [0.29, 0.717) is 25.3 Å². The Morgan fingerprint density at radius 3 is 2.40 bits per heavy atom. The van der Waals surface area contributed by atoms with Crippen molar-refractivity contribution in [2.45, 2.75) is 24.8 Å². The lowest BCUT2D eigenvalue weighted by Crippen LogP contribution is -2.57. The maximum atomic E-state index is 12.0. The van der Waals surface area contributed by atoms with E-state index in [4.69, 9.17) is 5.73 Å². The van der Waals surface area contributed by atoms with Crippen molar-refractivity contribution >= 4 is 27.5 Å². The number of carbonyl (C=O) groups excluding carboxylic acids is 1. The van der Waals surface area contributed by atoms with Crippen molar-refractivity contribution in [2.75, 3.05) is 30.8 Å². The zero-order valence-corrected chi connectivity index (χ0v) is 15.3. The highest BCUT2D eigenvalue weighted by Crippen LogP contribution is 2.27. The van der Waals surface area contributed by atoms with E-state index >= 15 is 0 Å². The molecule has 8 nitrogen and oxygen atoms in total. The molecule has 0 saturated carbocycles. The van der Waals surface area contributed by atoms with Crippen LogP contribution in [0.5, 0.6) is 0 Å². The Hall–Kier alpha value is -2.29. The number of hydrogen-bond acceptors (Lipinski definition) is 5. The van der Waals surface area contributed by atoms with Crippen LogP contribution < -0.4 is 10.6 Å². The second-order valence-electron chi connectivity index (χ2n) is 6.55. The second kappa shape index (κ2) is 6.91. The van der Waals surface area contributed by atoms with Gasteiger partial charge in [-0.3, -0.25) is 4.79 Å². The maximum absolute atomic E-state index is 12.0. The molecule has 2 rings (SSSR count). The molecular formula is C16H23N3O5S. The van der Waals surface area contributed by atoms with Crippen molar-refractivity contribution in [1.29, 1.82) is 0 Å². The van der Waals surface area contributed by atoms with Gasteiger partial charge in [0.2, 0.25) is 5.91 Å². The predicted molar refractivity (Wildman–Crippen MR) is 93.6 cm³/mol. The topological polar surface area (TPSA) is 121 Å². The van der Waals surface area contributed by atoms with Crippen molar-refractivity contribution < 1.29 is 23.1 Å². The lowest BCUT2D eigenvalue weighted by Gasteiger charge is -2.43. The van der Waals surface area contributed by atoms with Crippen LogP contribution in [0.1, 0.15) is 24.2 Å². The third-order valence-corrected chi connectivity index (χ3v) is 5.57. The standard InChI is InChI=1S/C16H23N3O5S/c1-10(2)13-9-18(6-7-19(13)16(21)22)11-4-5-12(15(17)20)14(8-11)25(3,23)24/h4-5,8,10,13H,6-7,9H2,1-3H3,(H2,17,20)(H,21,22)/t13-/m0/s1. The predicted octanol–water partition coefficient (Wildman–Crippen LogP) is 1.01. The van der Waals surface area contributed by atoms with Gasteiger partial charge in [0.25, 0.3) is 0 Å². The Kier molecular flexibility index (Phi) is 5.26. The van der Waals surface area contributed by atoms with Gasteiger partial charge in [0.05, 0.1) is 16.5 Å². The summed E-state index contributed by atoms with van der Waals surface area (Å²) in [6.07, 6.45) is 0.0666. The third-order valence-electron chi connectivity index (χ3n) is 4.43. The average Bonchev–Trinajstić information content (AvgIpc) is 2.52. The quantitative estimate of drug-likeness (QED) is 0.817. The van der Waals surface area contributed by atoms with E-state index in [9.17, 15) is 23.1 Å². The van der Waals surface area contributed by atoms with Gasteiger partial charge in [0, 0.05) is 31.6 Å². The van der Waals surface area contributed by atoms with Gasteiger partial charge in [-0.25, -0.2) is 13.2 Å². The van der Waals surface area contributed by atoms with Crippen LogP contribution >= 0.6 is 0 Å². The summed E-state index contributed by atoms with van der Waals surface area (Å²) in [5.41, 5.74) is 5.84. The first kappa shape index (κ1) is 19.0. The number of amides is 2. The Bertz CT molecular complexity index is 791. The molecular weight excluding hydrogens is 346 g/mol. The largest absolute Gasteiger partial charge is 0.465 e. The van der Waals surface area contributed by atoms with Crippen LogP contribution in [0.15, 0.2) is 23.1 Å². The molecule has 2 amide bonds. The molecule has 0 spiro atoms. The fourth-order valence-electron chi connectivity index (χ4n) is 3.07. The molecule has 1 fully saturated rings. The fraction of sp³-hybridized carbons (Fsp3) is 0.500. The number of anilines is 1. The number of primary amides is 1.